The number of hydrogen-bond donors (Lipinski definition) is 1. The average Bonchev–Trinajstić information content (AvgIpc) is 2.61. The molecular weight excluding hydrogens is 284 g/mol. The summed E-state index contributed by atoms with van der Waals surface area (Å²) in [5.41, 5.74) is 2.57. The highest BCUT2D eigenvalue weighted by Gasteiger charge is 2.04. The van der Waals surface area contributed by atoms with E-state index in [0.717, 1.165) is 0 Å². The maximum atomic E-state index is 8.36. The highest BCUT2D eigenvalue weighted by molar-refractivity contribution is 6.04. The molecule has 0 atom stereocenters. The first-order chi connectivity index (χ1) is 11.3. The molecule has 4 aromatic rings. The fraction of sp³-hybridized carbons (Fsp3) is 0. The van der Waals surface area contributed by atoms with Crippen LogP contribution in [-0.4, -0.2) is 11.6 Å². The summed E-state index contributed by atoms with van der Waals surface area (Å²) in [5, 5.41) is 12.1. The molecule has 0 spiro atoms. The Labute approximate surface area is 134 Å². The van der Waals surface area contributed by atoms with Crippen LogP contribution in [0.15, 0.2) is 84.9 Å². The van der Waals surface area contributed by atoms with Gasteiger partial charge >= 0.3 is 0 Å². The minimum absolute atomic E-state index is 0.250. The first-order valence-electron chi connectivity index (χ1n) is 7.38. The Hall–Kier alpha value is -3.13. The summed E-state index contributed by atoms with van der Waals surface area (Å²) in [6, 6.07) is 30.2. The second kappa shape index (κ2) is 6.75. The number of carbonyl (C=O) groups is 1. The summed E-state index contributed by atoms with van der Waals surface area (Å²) < 4.78 is 0. The van der Waals surface area contributed by atoms with Crippen molar-refractivity contribution in [1.29, 1.82) is 0 Å². The first kappa shape index (κ1) is 14.8. The van der Waals surface area contributed by atoms with Crippen molar-refractivity contribution in [3.8, 4) is 11.1 Å². The maximum Gasteiger partial charge on any atom is 0.290 e. The molecule has 0 aliphatic heterocycles. The SMILES string of the molecule is O=CO.c1ccc(-c2cccc3cc4ccccc4cc23)cc1. The summed E-state index contributed by atoms with van der Waals surface area (Å²) in [4.78, 5) is 8.36. The molecule has 0 fully saturated rings. The largest absolute Gasteiger partial charge is 0.483 e. The summed E-state index contributed by atoms with van der Waals surface area (Å²) in [7, 11) is 0. The van der Waals surface area contributed by atoms with Gasteiger partial charge in [0.05, 0.1) is 0 Å². The molecule has 0 amide bonds. The van der Waals surface area contributed by atoms with Crippen molar-refractivity contribution in [2.75, 3.05) is 0 Å². The van der Waals surface area contributed by atoms with Gasteiger partial charge in [0.2, 0.25) is 0 Å². The lowest BCUT2D eigenvalue weighted by atomic mass is 9.96. The van der Waals surface area contributed by atoms with Gasteiger partial charge < -0.3 is 5.11 Å². The van der Waals surface area contributed by atoms with E-state index in [4.69, 9.17) is 9.90 Å². The summed E-state index contributed by atoms with van der Waals surface area (Å²) in [6.45, 7) is -0.250. The van der Waals surface area contributed by atoms with Crippen LogP contribution in [0.25, 0.3) is 32.7 Å². The van der Waals surface area contributed by atoms with E-state index in [0.29, 0.717) is 0 Å². The van der Waals surface area contributed by atoms with E-state index in [1.165, 1.54) is 32.7 Å². The van der Waals surface area contributed by atoms with Crippen molar-refractivity contribution >= 4 is 28.0 Å². The topological polar surface area (TPSA) is 37.3 Å². The van der Waals surface area contributed by atoms with Gasteiger partial charge in [-0.1, -0.05) is 72.8 Å². The van der Waals surface area contributed by atoms with Crippen LogP contribution >= 0.6 is 0 Å². The molecular formula is C21H16O2. The van der Waals surface area contributed by atoms with Gasteiger partial charge in [0.1, 0.15) is 0 Å². The molecule has 0 aliphatic rings. The third-order valence-corrected chi connectivity index (χ3v) is 3.83. The standard InChI is InChI=1S/C20H14.CH2O2/c1-2-7-15(8-3-1)19-12-6-11-18-13-16-9-4-5-10-17(16)14-20(18)19;2-1-3/h1-14H;1H,(H,2,3). The van der Waals surface area contributed by atoms with Gasteiger partial charge in [0.15, 0.2) is 0 Å². The molecule has 0 aromatic heterocycles. The van der Waals surface area contributed by atoms with Crippen molar-refractivity contribution in [1.82, 2.24) is 0 Å². The van der Waals surface area contributed by atoms with Gasteiger partial charge in [-0.3, -0.25) is 4.79 Å². The van der Waals surface area contributed by atoms with Gasteiger partial charge in [-0.25, -0.2) is 0 Å². The monoisotopic (exact) mass is 300 g/mol. The molecule has 4 rings (SSSR count). The summed E-state index contributed by atoms with van der Waals surface area (Å²) in [6.07, 6.45) is 0. The zero-order valence-electron chi connectivity index (χ0n) is 12.5. The zero-order chi connectivity index (χ0) is 16.1. The molecule has 23 heavy (non-hydrogen) atoms. The van der Waals surface area contributed by atoms with E-state index in [-0.39, 0.29) is 6.47 Å². The third kappa shape index (κ3) is 3.06. The number of benzene rings is 4. The molecule has 0 saturated heterocycles. The molecule has 1 N–H and O–H groups in total. The van der Waals surface area contributed by atoms with Crippen LogP contribution in [0.1, 0.15) is 0 Å². The molecule has 2 heteroatoms. The van der Waals surface area contributed by atoms with Crippen LogP contribution in [-0.2, 0) is 4.79 Å². The van der Waals surface area contributed by atoms with Crippen molar-refractivity contribution < 1.29 is 9.90 Å². The van der Waals surface area contributed by atoms with Gasteiger partial charge in [-0.05, 0) is 44.8 Å². The molecule has 112 valence electrons. The molecule has 0 unspecified atom stereocenters. The van der Waals surface area contributed by atoms with E-state index < -0.39 is 0 Å². The Morgan fingerprint density at radius 1 is 0.652 bits per heavy atom. The Balaban J connectivity index is 0.000000485. The Kier molecular flexibility index (Phi) is 4.34. The van der Waals surface area contributed by atoms with Gasteiger partial charge in [-0.2, -0.15) is 0 Å². The minimum atomic E-state index is -0.250. The van der Waals surface area contributed by atoms with Crippen molar-refractivity contribution in [2.24, 2.45) is 0 Å². The lowest BCUT2D eigenvalue weighted by molar-refractivity contribution is -0.122. The molecule has 2 nitrogen and oxygen atoms in total. The average molecular weight is 300 g/mol. The van der Waals surface area contributed by atoms with Crippen LogP contribution in [0.4, 0.5) is 0 Å². The van der Waals surface area contributed by atoms with Crippen LogP contribution in [0.5, 0.6) is 0 Å². The van der Waals surface area contributed by atoms with Crippen molar-refractivity contribution in [3.63, 3.8) is 0 Å². The maximum absolute atomic E-state index is 8.36. The fourth-order valence-corrected chi connectivity index (χ4v) is 2.84. The van der Waals surface area contributed by atoms with Crippen LogP contribution in [0.3, 0.4) is 0 Å². The first-order valence-corrected chi connectivity index (χ1v) is 7.38. The summed E-state index contributed by atoms with van der Waals surface area (Å²) >= 11 is 0. The Morgan fingerprint density at radius 2 is 1.22 bits per heavy atom. The van der Waals surface area contributed by atoms with Gasteiger partial charge in [-0.15, -0.1) is 0 Å². The molecule has 0 saturated carbocycles. The minimum Gasteiger partial charge on any atom is -0.483 e. The van der Waals surface area contributed by atoms with Crippen molar-refractivity contribution in [2.45, 2.75) is 0 Å². The quantitative estimate of drug-likeness (QED) is 0.379. The fourth-order valence-electron chi connectivity index (χ4n) is 2.84. The zero-order valence-corrected chi connectivity index (χ0v) is 12.5. The van der Waals surface area contributed by atoms with Crippen LogP contribution in [0, 0.1) is 0 Å². The molecule has 0 radical (unpaired) electrons. The summed E-state index contributed by atoms with van der Waals surface area (Å²) in [5.74, 6) is 0. The second-order valence-electron chi connectivity index (χ2n) is 5.20. The number of carboxylic acid groups (broad SMARTS) is 1. The van der Waals surface area contributed by atoms with E-state index >= 15 is 0 Å². The second-order valence-corrected chi connectivity index (χ2v) is 5.20. The lowest BCUT2D eigenvalue weighted by Gasteiger charge is -2.08. The van der Waals surface area contributed by atoms with Crippen molar-refractivity contribution in [3.05, 3.63) is 84.9 Å². The van der Waals surface area contributed by atoms with Gasteiger partial charge in [0.25, 0.3) is 6.47 Å². The lowest BCUT2D eigenvalue weighted by Crippen LogP contribution is -1.82. The molecule has 0 bridgehead atoms. The normalized spacial score (nSPS) is 10.1. The highest BCUT2D eigenvalue weighted by Crippen LogP contribution is 2.31. The predicted octanol–water partition coefficient (Wildman–Crippen LogP) is 5.36. The predicted molar refractivity (Wildman–Crippen MR) is 95.6 cm³/mol. The smallest absolute Gasteiger partial charge is 0.290 e. The highest BCUT2D eigenvalue weighted by atomic mass is 16.3. The third-order valence-electron chi connectivity index (χ3n) is 3.83. The van der Waals surface area contributed by atoms with E-state index in [1.54, 1.807) is 0 Å². The van der Waals surface area contributed by atoms with Crippen LogP contribution in [0.2, 0.25) is 0 Å². The molecule has 4 aromatic carbocycles. The van der Waals surface area contributed by atoms with E-state index in [2.05, 4.69) is 84.9 Å². The van der Waals surface area contributed by atoms with E-state index in [9.17, 15) is 0 Å². The number of rotatable bonds is 1. The Bertz CT molecular complexity index is 943. The van der Waals surface area contributed by atoms with Crippen LogP contribution < -0.4 is 0 Å². The Morgan fingerprint density at radius 3 is 1.91 bits per heavy atom. The van der Waals surface area contributed by atoms with E-state index in [1.807, 2.05) is 0 Å². The molecule has 0 heterocycles. The number of hydrogen-bond acceptors (Lipinski definition) is 1. The number of fused-ring (bicyclic) bond motifs is 2. The van der Waals surface area contributed by atoms with Gasteiger partial charge in [0, 0.05) is 0 Å². The molecule has 0 aliphatic carbocycles.